The Labute approximate surface area is 110 Å². The monoisotopic (exact) mass is 271 g/mol. The zero-order chi connectivity index (χ0) is 13.5. The summed E-state index contributed by atoms with van der Waals surface area (Å²) in [6.45, 7) is 2.17. The average Bonchev–Trinajstić information content (AvgIpc) is 2.67. The molecule has 1 unspecified atom stereocenters. The molecule has 0 saturated heterocycles. The highest BCUT2D eigenvalue weighted by atomic mass is 32.2. The van der Waals surface area contributed by atoms with Crippen molar-refractivity contribution in [2.45, 2.75) is 24.7 Å². The molecule has 7 heteroatoms. The molecule has 4 N–H and O–H groups in total. The van der Waals surface area contributed by atoms with Gasteiger partial charge in [-0.1, -0.05) is 0 Å². The molecular formula is C11H17N3O3S. The van der Waals surface area contributed by atoms with Crippen LogP contribution in [0.25, 0.3) is 0 Å². The third-order valence-electron chi connectivity index (χ3n) is 2.26. The fourth-order valence-electron chi connectivity index (χ4n) is 1.59. The number of aliphatic hydroxyl groups excluding tert-OH is 1. The van der Waals surface area contributed by atoms with E-state index in [0.717, 1.165) is 0 Å². The lowest BCUT2D eigenvalue weighted by molar-refractivity contribution is -0.129. The van der Waals surface area contributed by atoms with Crippen molar-refractivity contribution >= 4 is 29.8 Å². The number of nitrogens with zero attached hydrogens (tertiary/aromatic N) is 2. The van der Waals surface area contributed by atoms with Gasteiger partial charge in [0.15, 0.2) is 0 Å². The lowest BCUT2D eigenvalue weighted by Crippen LogP contribution is -2.22. The summed E-state index contributed by atoms with van der Waals surface area (Å²) in [5.74, 6) is -0.323. The van der Waals surface area contributed by atoms with E-state index >= 15 is 0 Å². The Kier molecular flexibility index (Phi) is 5.87. The van der Waals surface area contributed by atoms with Crippen LogP contribution in [0.5, 0.6) is 0 Å². The third-order valence-corrected chi connectivity index (χ3v) is 3.47. The topological polar surface area (TPSA) is 108 Å². The van der Waals surface area contributed by atoms with Crippen molar-refractivity contribution in [3.8, 4) is 0 Å². The average molecular weight is 271 g/mol. The molecule has 100 valence electrons. The molecule has 0 spiro atoms. The van der Waals surface area contributed by atoms with E-state index < -0.39 is 12.1 Å². The van der Waals surface area contributed by atoms with Crippen molar-refractivity contribution < 1.29 is 15.0 Å². The first-order chi connectivity index (χ1) is 8.54. The van der Waals surface area contributed by atoms with Crippen LogP contribution in [0.3, 0.4) is 0 Å². The van der Waals surface area contributed by atoms with Crippen LogP contribution in [0, 0.1) is 0 Å². The van der Waals surface area contributed by atoms with E-state index in [1.165, 1.54) is 18.1 Å². The maximum atomic E-state index is 11.0. The fraction of sp³-hybridized carbons (Fsp3) is 0.545. The smallest absolute Gasteiger partial charge is 0.351 e. The van der Waals surface area contributed by atoms with Crippen LogP contribution in [-0.2, 0) is 4.79 Å². The Morgan fingerprint density at radius 2 is 2.50 bits per heavy atom. The number of hydrogen-bond acceptors (Lipinski definition) is 5. The number of hydrogen-bond donors (Lipinski definition) is 3. The van der Waals surface area contributed by atoms with Crippen LogP contribution in [0.2, 0.25) is 0 Å². The van der Waals surface area contributed by atoms with Gasteiger partial charge in [-0.2, -0.15) is 0 Å². The lowest BCUT2D eigenvalue weighted by atomic mass is 10.2. The Hall–Kier alpha value is -1.34. The number of aliphatic imine (C=N–C) groups is 2. The molecule has 1 heterocycles. The summed E-state index contributed by atoms with van der Waals surface area (Å²) in [6, 6.07) is 0. The van der Waals surface area contributed by atoms with E-state index in [1.807, 2.05) is 0 Å². The van der Waals surface area contributed by atoms with E-state index in [0.29, 0.717) is 24.4 Å². The third kappa shape index (κ3) is 4.50. The molecule has 0 saturated carbocycles. The summed E-state index contributed by atoms with van der Waals surface area (Å²) >= 11 is 1.49. The molecule has 0 bridgehead atoms. The minimum absolute atomic E-state index is 0.142. The van der Waals surface area contributed by atoms with Crippen LogP contribution in [0.15, 0.2) is 21.8 Å². The van der Waals surface area contributed by atoms with Gasteiger partial charge in [0.25, 0.3) is 0 Å². The molecule has 0 amide bonds. The van der Waals surface area contributed by atoms with Gasteiger partial charge in [0.05, 0.1) is 17.7 Å². The molecule has 2 atom stereocenters. The summed E-state index contributed by atoms with van der Waals surface area (Å²) < 4.78 is 0. The summed E-state index contributed by atoms with van der Waals surface area (Å²) in [5, 5.41) is 18.1. The molecule has 1 rings (SSSR count). The summed E-state index contributed by atoms with van der Waals surface area (Å²) in [7, 11) is 0. The van der Waals surface area contributed by atoms with Gasteiger partial charge in [0.1, 0.15) is 5.71 Å². The van der Waals surface area contributed by atoms with Gasteiger partial charge in [0.2, 0.25) is 0 Å². The second-order valence-electron chi connectivity index (χ2n) is 3.82. The minimum Gasteiger partial charge on any atom is -0.477 e. The molecular weight excluding hydrogens is 254 g/mol. The number of nitrogens with two attached hydrogens (primary N) is 1. The number of allylic oxidation sites excluding steroid dienone is 1. The number of carboxylic acid groups (broad SMARTS) is 1. The van der Waals surface area contributed by atoms with E-state index in [2.05, 4.69) is 9.98 Å². The normalized spacial score (nSPS) is 23.6. The van der Waals surface area contributed by atoms with Gasteiger partial charge in [-0.05, 0) is 13.0 Å². The van der Waals surface area contributed by atoms with Gasteiger partial charge in [0, 0.05) is 24.4 Å². The van der Waals surface area contributed by atoms with Crippen LogP contribution in [-0.4, -0.2) is 51.9 Å². The number of aliphatic carboxylic acids is 1. The molecule has 0 radical (unpaired) electrons. The number of rotatable bonds is 6. The lowest BCUT2D eigenvalue weighted by Gasteiger charge is -2.08. The Balaban J connectivity index is 2.63. The van der Waals surface area contributed by atoms with Crippen LogP contribution in [0.1, 0.15) is 13.3 Å². The summed E-state index contributed by atoms with van der Waals surface area (Å²) in [4.78, 5) is 19.0. The van der Waals surface area contributed by atoms with Gasteiger partial charge in [-0.15, -0.1) is 11.8 Å². The standard InChI is InChI=1S/C11H17N3O3S/c1-7(15)4-8-5-9(10(14-8)11(16)17)18-3-2-13-6-12/h4,6-7,9,15H,2-3,5H2,1H3,(H2,12,13)(H,16,17)/b8-4-/t7-,9?/m1/s1. The zero-order valence-electron chi connectivity index (χ0n) is 10.1. The first-order valence-corrected chi connectivity index (χ1v) is 6.61. The second kappa shape index (κ2) is 7.17. The van der Waals surface area contributed by atoms with Gasteiger partial charge in [-0.3, -0.25) is 4.99 Å². The number of aliphatic hydroxyl groups is 1. The van der Waals surface area contributed by atoms with E-state index in [4.69, 9.17) is 10.8 Å². The molecule has 0 aromatic heterocycles. The quantitative estimate of drug-likeness (QED) is 0.365. The highest BCUT2D eigenvalue weighted by Crippen LogP contribution is 2.28. The SMILES string of the molecule is C[C@@H](O)/C=C1/CC(SCCN=CN)C(C(=O)O)=N1. The highest BCUT2D eigenvalue weighted by molar-refractivity contribution is 8.00. The zero-order valence-corrected chi connectivity index (χ0v) is 10.9. The molecule has 1 aliphatic rings. The predicted molar refractivity (Wildman–Crippen MR) is 73.2 cm³/mol. The molecule has 0 aromatic carbocycles. The number of thioether (sulfide) groups is 1. The Morgan fingerprint density at radius 3 is 3.06 bits per heavy atom. The Morgan fingerprint density at radius 1 is 1.78 bits per heavy atom. The van der Waals surface area contributed by atoms with Gasteiger partial charge < -0.3 is 15.9 Å². The first kappa shape index (κ1) is 14.7. The van der Waals surface area contributed by atoms with Crippen molar-refractivity contribution in [3.63, 3.8) is 0 Å². The van der Waals surface area contributed by atoms with Crippen molar-refractivity contribution in [2.24, 2.45) is 15.7 Å². The number of carbonyl (C=O) groups is 1. The highest BCUT2D eigenvalue weighted by Gasteiger charge is 2.29. The van der Waals surface area contributed by atoms with E-state index in [9.17, 15) is 9.90 Å². The first-order valence-electron chi connectivity index (χ1n) is 5.57. The molecule has 18 heavy (non-hydrogen) atoms. The Bertz CT molecular complexity index is 391. The molecule has 6 nitrogen and oxygen atoms in total. The maximum absolute atomic E-state index is 11.0. The molecule has 0 aromatic rings. The second-order valence-corrected chi connectivity index (χ2v) is 5.13. The summed E-state index contributed by atoms with van der Waals surface area (Å²) in [5.41, 5.74) is 5.89. The predicted octanol–water partition coefficient (Wildman–Crippen LogP) is 0.269. The van der Waals surface area contributed by atoms with Crippen molar-refractivity contribution in [1.82, 2.24) is 0 Å². The van der Waals surface area contributed by atoms with Crippen LogP contribution >= 0.6 is 11.8 Å². The van der Waals surface area contributed by atoms with Crippen LogP contribution in [0.4, 0.5) is 0 Å². The summed E-state index contributed by atoms with van der Waals surface area (Å²) in [6.07, 6.45) is 2.72. The van der Waals surface area contributed by atoms with Crippen LogP contribution < -0.4 is 5.73 Å². The molecule has 0 aliphatic carbocycles. The largest absolute Gasteiger partial charge is 0.477 e. The fourth-order valence-corrected chi connectivity index (χ4v) is 2.68. The van der Waals surface area contributed by atoms with E-state index in [-0.39, 0.29) is 11.0 Å². The maximum Gasteiger partial charge on any atom is 0.351 e. The van der Waals surface area contributed by atoms with Crippen molar-refractivity contribution in [3.05, 3.63) is 11.8 Å². The molecule has 1 aliphatic heterocycles. The number of carboxylic acids is 1. The minimum atomic E-state index is -1.01. The molecule has 0 fully saturated rings. The van der Waals surface area contributed by atoms with Gasteiger partial charge >= 0.3 is 5.97 Å². The van der Waals surface area contributed by atoms with Crippen molar-refractivity contribution in [1.29, 1.82) is 0 Å². The van der Waals surface area contributed by atoms with E-state index in [1.54, 1.807) is 13.0 Å². The van der Waals surface area contributed by atoms with Crippen molar-refractivity contribution in [2.75, 3.05) is 12.3 Å². The van der Waals surface area contributed by atoms with Gasteiger partial charge in [-0.25, -0.2) is 9.79 Å².